The third-order valence-corrected chi connectivity index (χ3v) is 3.62. The van der Waals surface area contributed by atoms with Crippen LogP contribution < -0.4 is 5.32 Å². The number of rotatable bonds is 2. The second-order valence-corrected chi connectivity index (χ2v) is 4.55. The lowest BCUT2D eigenvalue weighted by Crippen LogP contribution is -2.42. The molecular formula is C12H14FN5. The van der Waals surface area contributed by atoms with E-state index >= 15 is 0 Å². The van der Waals surface area contributed by atoms with E-state index < -0.39 is 5.41 Å². The molecule has 1 aromatic carbocycles. The minimum atomic E-state index is -0.469. The largest absolute Gasteiger partial charge is 0.317 e. The van der Waals surface area contributed by atoms with Gasteiger partial charge in [-0.2, -0.15) is 5.21 Å². The van der Waals surface area contributed by atoms with Crippen LogP contribution >= 0.6 is 0 Å². The number of H-pyrrole nitrogens is 1. The van der Waals surface area contributed by atoms with Gasteiger partial charge in [-0.05, 0) is 32.0 Å². The van der Waals surface area contributed by atoms with Gasteiger partial charge < -0.3 is 5.32 Å². The second kappa shape index (κ2) is 4.45. The molecule has 1 aliphatic rings. The molecule has 0 radical (unpaired) electrons. The van der Waals surface area contributed by atoms with Crippen LogP contribution in [0.4, 0.5) is 4.39 Å². The molecule has 0 aliphatic carbocycles. The summed E-state index contributed by atoms with van der Waals surface area (Å²) in [6.45, 7) is 1.64. The molecular weight excluding hydrogens is 233 g/mol. The Kier molecular flexibility index (Phi) is 2.79. The normalized spacial score (nSPS) is 18.7. The molecule has 18 heavy (non-hydrogen) atoms. The van der Waals surface area contributed by atoms with E-state index in [1.807, 2.05) is 12.1 Å². The number of aromatic nitrogens is 4. The van der Waals surface area contributed by atoms with Crippen molar-refractivity contribution in [2.45, 2.75) is 18.3 Å². The molecule has 5 nitrogen and oxygen atoms in total. The van der Waals surface area contributed by atoms with Crippen LogP contribution in [0.5, 0.6) is 0 Å². The zero-order chi connectivity index (χ0) is 12.4. The van der Waals surface area contributed by atoms with Gasteiger partial charge in [-0.25, -0.2) is 4.39 Å². The summed E-state index contributed by atoms with van der Waals surface area (Å²) in [5.41, 5.74) is 0.191. The van der Waals surface area contributed by atoms with Gasteiger partial charge in [0.15, 0.2) is 5.82 Å². The summed E-state index contributed by atoms with van der Waals surface area (Å²) in [4.78, 5) is 0. The van der Waals surface area contributed by atoms with Gasteiger partial charge in [-0.3, -0.25) is 0 Å². The van der Waals surface area contributed by atoms with Crippen LogP contribution in [0, 0.1) is 5.82 Å². The highest BCUT2D eigenvalue weighted by atomic mass is 19.1. The summed E-state index contributed by atoms with van der Waals surface area (Å²) >= 11 is 0. The molecule has 6 heteroatoms. The first kappa shape index (κ1) is 11.3. The molecule has 2 heterocycles. The van der Waals surface area contributed by atoms with Crippen LogP contribution in [0.1, 0.15) is 24.2 Å². The number of benzene rings is 1. The Morgan fingerprint density at radius 1 is 1.17 bits per heavy atom. The molecule has 0 amide bonds. The van der Waals surface area contributed by atoms with E-state index in [1.165, 1.54) is 6.07 Å². The van der Waals surface area contributed by atoms with Crippen molar-refractivity contribution in [1.82, 2.24) is 25.9 Å². The highest BCUT2D eigenvalue weighted by Crippen LogP contribution is 2.38. The van der Waals surface area contributed by atoms with Gasteiger partial charge in [0.1, 0.15) is 5.82 Å². The van der Waals surface area contributed by atoms with Gasteiger partial charge in [-0.1, -0.05) is 23.4 Å². The topological polar surface area (TPSA) is 66.5 Å². The summed E-state index contributed by atoms with van der Waals surface area (Å²) in [5, 5.41) is 17.5. The van der Waals surface area contributed by atoms with E-state index in [-0.39, 0.29) is 5.82 Å². The number of piperidine rings is 1. The van der Waals surface area contributed by atoms with Gasteiger partial charge in [-0.15, -0.1) is 10.2 Å². The van der Waals surface area contributed by atoms with E-state index in [4.69, 9.17) is 0 Å². The molecule has 2 N–H and O–H groups in total. The van der Waals surface area contributed by atoms with Crippen LogP contribution in [0.2, 0.25) is 0 Å². The Hall–Kier alpha value is -1.82. The second-order valence-electron chi connectivity index (χ2n) is 4.55. The van der Waals surface area contributed by atoms with E-state index in [0.717, 1.165) is 25.9 Å². The zero-order valence-electron chi connectivity index (χ0n) is 9.86. The Balaban J connectivity index is 2.14. The van der Waals surface area contributed by atoms with Crippen LogP contribution in [0.15, 0.2) is 24.3 Å². The summed E-state index contributed by atoms with van der Waals surface area (Å²) in [6.07, 6.45) is 1.54. The molecule has 0 unspecified atom stereocenters. The molecule has 0 bridgehead atoms. The molecule has 1 aliphatic heterocycles. The van der Waals surface area contributed by atoms with Crippen LogP contribution in [-0.4, -0.2) is 33.7 Å². The first-order valence-corrected chi connectivity index (χ1v) is 6.02. The third kappa shape index (κ3) is 1.69. The predicted molar refractivity (Wildman–Crippen MR) is 63.5 cm³/mol. The van der Waals surface area contributed by atoms with Crippen LogP contribution in [0.25, 0.3) is 0 Å². The molecule has 1 aromatic heterocycles. The molecule has 3 rings (SSSR count). The smallest absolute Gasteiger partial charge is 0.185 e. The average molecular weight is 247 g/mol. The zero-order valence-corrected chi connectivity index (χ0v) is 9.86. The summed E-state index contributed by atoms with van der Waals surface area (Å²) in [5.74, 6) is 0.373. The lowest BCUT2D eigenvalue weighted by Gasteiger charge is -2.35. The summed E-state index contributed by atoms with van der Waals surface area (Å²) < 4.78 is 14.1. The van der Waals surface area contributed by atoms with Crippen molar-refractivity contribution in [3.05, 3.63) is 41.5 Å². The highest BCUT2D eigenvalue weighted by molar-refractivity contribution is 5.34. The standard InChI is InChI=1S/C12H14FN5/c13-10-4-2-1-3-9(10)12(5-7-14-8-6-12)11-15-17-18-16-11/h1-4,14H,5-8H2,(H,15,16,17,18). The van der Waals surface area contributed by atoms with Crippen LogP contribution in [-0.2, 0) is 5.41 Å². The van der Waals surface area contributed by atoms with Gasteiger partial charge in [0, 0.05) is 5.56 Å². The maximum Gasteiger partial charge on any atom is 0.185 e. The van der Waals surface area contributed by atoms with E-state index in [9.17, 15) is 4.39 Å². The molecule has 0 spiro atoms. The predicted octanol–water partition coefficient (Wildman–Crippen LogP) is 1.01. The highest BCUT2D eigenvalue weighted by Gasteiger charge is 2.41. The van der Waals surface area contributed by atoms with Gasteiger partial charge in [0.25, 0.3) is 0 Å². The first-order chi connectivity index (χ1) is 8.83. The fourth-order valence-electron chi connectivity index (χ4n) is 2.68. The number of hydrogen-bond acceptors (Lipinski definition) is 4. The molecule has 94 valence electrons. The molecule has 1 saturated heterocycles. The fraction of sp³-hybridized carbons (Fsp3) is 0.417. The Morgan fingerprint density at radius 3 is 2.61 bits per heavy atom. The Labute approximate surface area is 104 Å². The Bertz CT molecular complexity index is 519. The summed E-state index contributed by atoms with van der Waals surface area (Å²) in [7, 11) is 0. The number of nitrogens with zero attached hydrogens (tertiary/aromatic N) is 3. The van der Waals surface area contributed by atoms with Gasteiger partial charge in [0.05, 0.1) is 5.41 Å². The lowest BCUT2D eigenvalue weighted by atomic mass is 9.72. The van der Waals surface area contributed by atoms with Crippen molar-refractivity contribution < 1.29 is 4.39 Å². The number of nitrogens with one attached hydrogen (secondary N) is 2. The molecule has 1 fully saturated rings. The SMILES string of the molecule is Fc1ccccc1C1(c2nn[nH]n2)CCNCC1. The van der Waals surface area contributed by atoms with Crippen molar-refractivity contribution in [1.29, 1.82) is 0 Å². The average Bonchev–Trinajstić information content (AvgIpc) is 2.94. The first-order valence-electron chi connectivity index (χ1n) is 6.02. The maximum atomic E-state index is 14.1. The fourth-order valence-corrected chi connectivity index (χ4v) is 2.68. The maximum absolute atomic E-state index is 14.1. The quantitative estimate of drug-likeness (QED) is 0.831. The minimum Gasteiger partial charge on any atom is -0.317 e. The van der Waals surface area contributed by atoms with Gasteiger partial charge in [0.2, 0.25) is 0 Å². The van der Waals surface area contributed by atoms with Crippen molar-refractivity contribution in [3.8, 4) is 0 Å². The van der Waals surface area contributed by atoms with Gasteiger partial charge >= 0.3 is 0 Å². The van der Waals surface area contributed by atoms with Crippen molar-refractivity contribution in [2.24, 2.45) is 0 Å². The minimum absolute atomic E-state index is 0.204. The van der Waals surface area contributed by atoms with Crippen molar-refractivity contribution in [2.75, 3.05) is 13.1 Å². The van der Waals surface area contributed by atoms with E-state index in [2.05, 4.69) is 25.9 Å². The van der Waals surface area contributed by atoms with E-state index in [0.29, 0.717) is 11.4 Å². The van der Waals surface area contributed by atoms with Crippen molar-refractivity contribution in [3.63, 3.8) is 0 Å². The number of halogens is 1. The summed E-state index contributed by atoms with van der Waals surface area (Å²) in [6, 6.07) is 6.85. The monoisotopic (exact) mass is 247 g/mol. The molecule has 0 atom stereocenters. The number of hydrogen-bond donors (Lipinski definition) is 2. The molecule has 2 aromatic rings. The lowest BCUT2D eigenvalue weighted by molar-refractivity contribution is 0.335. The Morgan fingerprint density at radius 2 is 1.94 bits per heavy atom. The van der Waals surface area contributed by atoms with E-state index in [1.54, 1.807) is 6.07 Å². The third-order valence-electron chi connectivity index (χ3n) is 3.62. The molecule has 0 saturated carbocycles. The van der Waals surface area contributed by atoms with Crippen molar-refractivity contribution >= 4 is 0 Å². The van der Waals surface area contributed by atoms with Crippen LogP contribution in [0.3, 0.4) is 0 Å². The number of aromatic amines is 1. The number of tetrazole rings is 1.